The lowest BCUT2D eigenvalue weighted by Gasteiger charge is -2.53. The number of rotatable bonds is 10. The average Bonchev–Trinajstić information content (AvgIpc) is 2.79. The summed E-state index contributed by atoms with van der Waals surface area (Å²) in [4.78, 5) is 16.4. The Morgan fingerprint density at radius 1 is 1.11 bits per heavy atom. The fourth-order valence-electron chi connectivity index (χ4n) is 5.84. The molecule has 0 radical (unpaired) electrons. The molecule has 37 heavy (non-hydrogen) atoms. The summed E-state index contributed by atoms with van der Waals surface area (Å²) in [5.74, 6) is -0.276. The summed E-state index contributed by atoms with van der Waals surface area (Å²) in [6.07, 6.45) is 3.47. The van der Waals surface area contributed by atoms with Gasteiger partial charge < -0.3 is 4.90 Å². The van der Waals surface area contributed by atoms with Crippen molar-refractivity contribution in [3.63, 3.8) is 0 Å². The number of sulfonamides is 1. The highest BCUT2D eigenvalue weighted by Gasteiger charge is 2.51. The van der Waals surface area contributed by atoms with Gasteiger partial charge in [0.2, 0.25) is 15.9 Å². The molecule has 1 aliphatic rings. The number of nitrogens with zero attached hydrogens (tertiary/aromatic N) is 1. The molecule has 2 N–H and O–H groups in total. The number of primary sulfonamides is 1. The van der Waals surface area contributed by atoms with Gasteiger partial charge in [-0.2, -0.15) is 0 Å². The molecular weight excluding hydrogens is 527 g/mol. The molecule has 2 aromatic carbocycles. The van der Waals surface area contributed by atoms with Crippen molar-refractivity contribution >= 4 is 39.1 Å². The van der Waals surface area contributed by atoms with Crippen LogP contribution in [0.15, 0.2) is 61.2 Å². The van der Waals surface area contributed by atoms with Gasteiger partial charge in [0, 0.05) is 22.0 Å². The number of hydrogen-bond acceptors (Lipinski definition) is 3. The Hall–Kier alpha value is -1.86. The third kappa shape index (κ3) is 7.17. The highest BCUT2D eigenvalue weighted by atomic mass is 35.5. The number of benzene rings is 2. The standard InChI is InChI=1S/C29H38Cl2N2O3S/c1-6-14-29(5)17-25(22-8-7-9-24(31)16-22)27(21-10-12-23(30)13-11-21)33(28(29)34)26(19(2)3)15-20(4)18-37(32,35)36/h6-13,16,19-20,25-27H,1,14-15,17-18H2,2-5H3,(H2,32,35,36)/t20?,25-,26+,27-,29+/m1/s1. The molecule has 2 aromatic rings. The molecule has 1 heterocycles. The molecule has 5 nitrogen and oxygen atoms in total. The summed E-state index contributed by atoms with van der Waals surface area (Å²) < 4.78 is 23.7. The van der Waals surface area contributed by atoms with Crippen LogP contribution in [-0.4, -0.2) is 31.0 Å². The highest BCUT2D eigenvalue weighted by molar-refractivity contribution is 7.89. The first-order valence-corrected chi connectivity index (χ1v) is 15.2. The van der Waals surface area contributed by atoms with Gasteiger partial charge in [-0.3, -0.25) is 4.79 Å². The lowest BCUT2D eigenvalue weighted by molar-refractivity contribution is -0.156. The maximum atomic E-state index is 14.4. The predicted molar refractivity (Wildman–Crippen MR) is 153 cm³/mol. The third-order valence-corrected chi connectivity index (χ3v) is 8.99. The number of carbonyl (C=O) groups is 1. The molecule has 1 unspecified atom stereocenters. The van der Waals surface area contributed by atoms with Gasteiger partial charge in [-0.05, 0) is 66.5 Å². The maximum Gasteiger partial charge on any atom is 0.229 e. The van der Waals surface area contributed by atoms with Crippen molar-refractivity contribution in [3.05, 3.63) is 82.4 Å². The first-order chi connectivity index (χ1) is 17.3. The number of halogens is 2. The van der Waals surface area contributed by atoms with Crippen molar-refractivity contribution in [2.45, 2.75) is 65.0 Å². The topological polar surface area (TPSA) is 80.5 Å². The molecule has 0 spiro atoms. The lowest BCUT2D eigenvalue weighted by Crippen LogP contribution is -2.57. The summed E-state index contributed by atoms with van der Waals surface area (Å²) in [5.41, 5.74) is 1.36. The smallest absolute Gasteiger partial charge is 0.229 e. The minimum atomic E-state index is -3.65. The number of amides is 1. The molecule has 0 aromatic heterocycles. The van der Waals surface area contributed by atoms with Crippen molar-refractivity contribution in [2.24, 2.45) is 22.4 Å². The van der Waals surface area contributed by atoms with E-state index in [1.165, 1.54) is 0 Å². The molecule has 8 heteroatoms. The zero-order chi connectivity index (χ0) is 27.5. The number of carbonyl (C=O) groups excluding carboxylic acids is 1. The first-order valence-electron chi connectivity index (χ1n) is 12.7. The SMILES string of the molecule is C=CC[C@@]1(C)C[C@H](c2cccc(Cl)c2)[C@@H](c2ccc(Cl)cc2)N([C@@H](CC(C)CS(N)(=O)=O)C(C)C)C1=O. The van der Waals surface area contributed by atoms with Gasteiger partial charge in [0.1, 0.15) is 0 Å². The van der Waals surface area contributed by atoms with Crippen LogP contribution < -0.4 is 5.14 Å². The van der Waals surface area contributed by atoms with E-state index in [-0.39, 0.29) is 41.5 Å². The first kappa shape index (κ1) is 29.7. The Bertz CT molecular complexity index is 1220. The summed E-state index contributed by atoms with van der Waals surface area (Å²) in [5, 5.41) is 6.64. The van der Waals surface area contributed by atoms with E-state index < -0.39 is 15.4 Å². The molecule has 1 fully saturated rings. The van der Waals surface area contributed by atoms with Crippen molar-refractivity contribution in [1.29, 1.82) is 0 Å². The van der Waals surface area contributed by atoms with Crippen LogP contribution >= 0.6 is 23.2 Å². The van der Waals surface area contributed by atoms with Crippen molar-refractivity contribution in [2.75, 3.05) is 5.75 Å². The monoisotopic (exact) mass is 564 g/mol. The van der Waals surface area contributed by atoms with E-state index >= 15 is 0 Å². The normalized spacial score (nSPS) is 24.2. The van der Waals surface area contributed by atoms with E-state index in [1.807, 2.05) is 67.3 Å². The van der Waals surface area contributed by atoms with Gasteiger partial charge in [-0.15, -0.1) is 6.58 Å². The second-order valence-electron chi connectivity index (χ2n) is 11.1. The van der Waals surface area contributed by atoms with E-state index in [4.69, 9.17) is 28.3 Å². The zero-order valence-corrected chi connectivity index (χ0v) is 24.4. The van der Waals surface area contributed by atoms with Crippen LogP contribution in [0.5, 0.6) is 0 Å². The number of nitrogens with two attached hydrogens (primary N) is 1. The largest absolute Gasteiger partial charge is 0.331 e. The van der Waals surface area contributed by atoms with E-state index in [0.717, 1.165) is 11.1 Å². The Kier molecular flexibility index (Phi) is 9.55. The Labute approximate surface area is 232 Å². The second-order valence-corrected chi connectivity index (χ2v) is 13.6. The number of piperidine rings is 1. The molecule has 1 saturated heterocycles. The minimum Gasteiger partial charge on any atom is -0.331 e. The van der Waals surface area contributed by atoms with Crippen LogP contribution in [0.4, 0.5) is 0 Å². The van der Waals surface area contributed by atoms with Crippen LogP contribution in [0.1, 0.15) is 70.0 Å². The van der Waals surface area contributed by atoms with Crippen molar-refractivity contribution in [1.82, 2.24) is 4.90 Å². The van der Waals surface area contributed by atoms with Crippen LogP contribution in [0.25, 0.3) is 0 Å². The van der Waals surface area contributed by atoms with Crippen LogP contribution in [-0.2, 0) is 14.8 Å². The van der Waals surface area contributed by atoms with Crippen LogP contribution in [0.3, 0.4) is 0 Å². The van der Waals surface area contributed by atoms with Crippen LogP contribution in [0, 0.1) is 17.3 Å². The zero-order valence-electron chi connectivity index (χ0n) is 22.0. The Morgan fingerprint density at radius 3 is 2.30 bits per heavy atom. The van der Waals surface area contributed by atoms with Gasteiger partial charge in [0.15, 0.2) is 0 Å². The third-order valence-electron chi connectivity index (χ3n) is 7.47. The Balaban J connectivity index is 2.22. The fraction of sp³-hybridized carbons (Fsp3) is 0.483. The molecular formula is C29H38Cl2N2O3S. The summed E-state index contributed by atoms with van der Waals surface area (Å²) in [6.45, 7) is 12.0. The van der Waals surface area contributed by atoms with E-state index in [0.29, 0.717) is 29.3 Å². The number of hydrogen-bond donors (Lipinski definition) is 1. The van der Waals surface area contributed by atoms with E-state index in [9.17, 15) is 13.2 Å². The molecule has 0 aliphatic carbocycles. The van der Waals surface area contributed by atoms with Gasteiger partial charge >= 0.3 is 0 Å². The van der Waals surface area contributed by atoms with Crippen molar-refractivity contribution in [3.8, 4) is 0 Å². The molecule has 3 rings (SSSR count). The molecule has 0 saturated carbocycles. The van der Waals surface area contributed by atoms with Gasteiger partial charge in [0.25, 0.3) is 0 Å². The number of likely N-dealkylation sites (tertiary alicyclic amines) is 1. The molecule has 202 valence electrons. The van der Waals surface area contributed by atoms with Gasteiger partial charge in [-0.1, -0.05) is 81.2 Å². The predicted octanol–water partition coefficient (Wildman–Crippen LogP) is 6.97. The van der Waals surface area contributed by atoms with Crippen LogP contribution in [0.2, 0.25) is 10.0 Å². The highest BCUT2D eigenvalue weighted by Crippen LogP contribution is 2.53. The van der Waals surface area contributed by atoms with E-state index in [1.54, 1.807) is 0 Å². The summed E-state index contributed by atoms with van der Waals surface area (Å²) >= 11 is 12.7. The lowest BCUT2D eigenvalue weighted by atomic mass is 9.66. The minimum absolute atomic E-state index is 0.0441. The van der Waals surface area contributed by atoms with Gasteiger partial charge in [-0.25, -0.2) is 13.6 Å². The average molecular weight is 566 g/mol. The second kappa shape index (κ2) is 11.9. The molecule has 5 atom stereocenters. The maximum absolute atomic E-state index is 14.4. The van der Waals surface area contributed by atoms with E-state index in [2.05, 4.69) is 26.5 Å². The summed E-state index contributed by atoms with van der Waals surface area (Å²) in [6, 6.07) is 15.0. The quantitative estimate of drug-likeness (QED) is 0.316. The van der Waals surface area contributed by atoms with Gasteiger partial charge in [0.05, 0.1) is 17.2 Å². The fourth-order valence-corrected chi connectivity index (χ4v) is 7.09. The van der Waals surface area contributed by atoms with Crippen molar-refractivity contribution < 1.29 is 13.2 Å². The molecule has 1 amide bonds. The Morgan fingerprint density at radius 2 is 1.76 bits per heavy atom. The molecule has 0 bridgehead atoms. The number of allylic oxidation sites excluding steroid dienone is 1. The molecule has 1 aliphatic heterocycles. The summed E-state index contributed by atoms with van der Waals surface area (Å²) in [7, 11) is -3.65.